The molecule has 0 bridgehead atoms. The van der Waals surface area contributed by atoms with E-state index in [1.807, 2.05) is 18.2 Å². The van der Waals surface area contributed by atoms with E-state index in [-0.39, 0.29) is 6.04 Å². The van der Waals surface area contributed by atoms with Gasteiger partial charge in [0.05, 0.1) is 10.7 Å². The lowest BCUT2D eigenvalue weighted by Gasteiger charge is -2.09. The Morgan fingerprint density at radius 1 is 1.00 bits per heavy atom. The highest BCUT2D eigenvalue weighted by molar-refractivity contribution is 7.12. The molecule has 3 rings (SSSR count). The molecule has 0 aliphatic rings. The minimum absolute atomic E-state index is 0.00221. The Balaban J connectivity index is 1.82. The average molecular weight is 308 g/mol. The van der Waals surface area contributed by atoms with Crippen LogP contribution in [-0.2, 0) is 6.42 Å². The summed E-state index contributed by atoms with van der Waals surface area (Å²) in [6.45, 7) is 4.23. The number of benzene rings is 2. The summed E-state index contributed by atoms with van der Waals surface area (Å²) in [4.78, 5) is 6.06. The van der Waals surface area contributed by atoms with Gasteiger partial charge in [0.2, 0.25) is 0 Å². The zero-order valence-electron chi connectivity index (χ0n) is 12.9. The highest BCUT2D eigenvalue weighted by atomic mass is 32.1. The molecule has 0 amide bonds. The van der Waals surface area contributed by atoms with Crippen LogP contribution in [0.2, 0.25) is 0 Å². The minimum atomic E-state index is -0.00221. The monoisotopic (exact) mass is 308 g/mol. The third kappa shape index (κ3) is 3.26. The molecule has 2 aromatic carbocycles. The Labute approximate surface area is 135 Å². The first kappa shape index (κ1) is 14.9. The third-order valence-corrected chi connectivity index (χ3v) is 4.78. The molecule has 1 aromatic heterocycles. The molecule has 1 atom stereocenters. The predicted molar refractivity (Wildman–Crippen MR) is 94.1 cm³/mol. The first-order valence-electron chi connectivity index (χ1n) is 7.47. The van der Waals surface area contributed by atoms with Crippen molar-refractivity contribution in [3.8, 4) is 11.3 Å². The van der Waals surface area contributed by atoms with E-state index in [9.17, 15) is 0 Å². The summed E-state index contributed by atoms with van der Waals surface area (Å²) in [5.74, 6) is 0. The van der Waals surface area contributed by atoms with Gasteiger partial charge in [-0.1, -0.05) is 60.2 Å². The van der Waals surface area contributed by atoms with Gasteiger partial charge in [-0.15, -0.1) is 11.3 Å². The molecule has 0 aliphatic carbocycles. The molecule has 3 aromatic rings. The van der Waals surface area contributed by atoms with E-state index >= 15 is 0 Å². The van der Waals surface area contributed by atoms with Gasteiger partial charge in [0.1, 0.15) is 0 Å². The van der Waals surface area contributed by atoms with Crippen molar-refractivity contribution >= 4 is 11.3 Å². The SMILES string of the molecule is Cc1ccc(-c2nc(CC(N)c3ccccc3)sc2C)cc1. The van der Waals surface area contributed by atoms with E-state index in [0.717, 1.165) is 22.7 Å². The van der Waals surface area contributed by atoms with Crippen LogP contribution in [0.5, 0.6) is 0 Å². The summed E-state index contributed by atoms with van der Waals surface area (Å²) < 4.78 is 0. The lowest BCUT2D eigenvalue weighted by molar-refractivity contribution is 0.718. The van der Waals surface area contributed by atoms with E-state index in [1.165, 1.54) is 16.0 Å². The number of aromatic nitrogens is 1. The van der Waals surface area contributed by atoms with E-state index < -0.39 is 0 Å². The van der Waals surface area contributed by atoms with Crippen LogP contribution in [0.15, 0.2) is 54.6 Å². The number of thiazole rings is 1. The fourth-order valence-corrected chi connectivity index (χ4v) is 3.54. The van der Waals surface area contributed by atoms with Gasteiger partial charge in [-0.3, -0.25) is 0 Å². The second kappa shape index (κ2) is 6.42. The van der Waals surface area contributed by atoms with Gasteiger partial charge in [0.15, 0.2) is 0 Å². The van der Waals surface area contributed by atoms with Crippen molar-refractivity contribution in [3.05, 3.63) is 75.6 Å². The van der Waals surface area contributed by atoms with Crippen LogP contribution in [0.1, 0.15) is 27.1 Å². The van der Waals surface area contributed by atoms with Gasteiger partial charge in [-0.25, -0.2) is 4.98 Å². The summed E-state index contributed by atoms with van der Waals surface area (Å²) in [5, 5.41) is 1.10. The fourth-order valence-electron chi connectivity index (χ4n) is 2.52. The van der Waals surface area contributed by atoms with Gasteiger partial charge < -0.3 is 5.73 Å². The standard InChI is InChI=1S/C19H20N2S/c1-13-8-10-16(11-9-13)19-14(2)22-18(21-19)12-17(20)15-6-4-3-5-7-15/h3-11,17H,12,20H2,1-2H3. The van der Waals surface area contributed by atoms with Gasteiger partial charge in [-0.05, 0) is 19.4 Å². The first-order chi connectivity index (χ1) is 10.6. The largest absolute Gasteiger partial charge is 0.324 e. The number of rotatable bonds is 4. The zero-order valence-corrected chi connectivity index (χ0v) is 13.7. The Hall–Kier alpha value is -1.97. The molecule has 2 nitrogen and oxygen atoms in total. The summed E-state index contributed by atoms with van der Waals surface area (Å²) in [5.41, 5.74) is 11.0. The number of hydrogen-bond acceptors (Lipinski definition) is 3. The topological polar surface area (TPSA) is 38.9 Å². The lowest BCUT2D eigenvalue weighted by Crippen LogP contribution is -2.12. The quantitative estimate of drug-likeness (QED) is 0.760. The van der Waals surface area contributed by atoms with Gasteiger partial charge >= 0.3 is 0 Å². The molecule has 0 radical (unpaired) electrons. The van der Waals surface area contributed by atoms with Crippen LogP contribution in [0, 0.1) is 13.8 Å². The molecule has 1 heterocycles. The van der Waals surface area contributed by atoms with E-state index in [4.69, 9.17) is 10.7 Å². The van der Waals surface area contributed by atoms with Crippen molar-refractivity contribution in [2.45, 2.75) is 26.3 Å². The van der Waals surface area contributed by atoms with Crippen LogP contribution in [-0.4, -0.2) is 4.98 Å². The fraction of sp³-hybridized carbons (Fsp3) is 0.211. The smallest absolute Gasteiger partial charge is 0.0954 e. The van der Waals surface area contributed by atoms with Gasteiger partial charge in [0, 0.05) is 22.9 Å². The maximum absolute atomic E-state index is 6.31. The van der Waals surface area contributed by atoms with Crippen molar-refractivity contribution in [2.24, 2.45) is 5.73 Å². The lowest BCUT2D eigenvalue weighted by atomic mass is 10.1. The van der Waals surface area contributed by atoms with Gasteiger partial charge in [-0.2, -0.15) is 0 Å². The number of nitrogens with two attached hydrogens (primary N) is 1. The van der Waals surface area contributed by atoms with Crippen molar-refractivity contribution in [3.63, 3.8) is 0 Å². The van der Waals surface area contributed by atoms with E-state index in [1.54, 1.807) is 11.3 Å². The first-order valence-corrected chi connectivity index (χ1v) is 8.29. The Morgan fingerprint density at radius 2 is 1.68 bits per heavy atom. The molecule has 112 valence electrons. The van der Waals surface area contributed by atoms with E-state index in [2.05, 4.69) is 50.2 Å². The Kier molecular flexibility index (Phi) is 4.36. The van der Waals surface area contributed by atoms with Crippen molar-refractivity contribution in [2.75, 3.05) is 0 Å². The number of nitrogens with zero attached hydrogens (tertiary/aromatic N) is 1. The molecule has 0 spiro atoms. The molecule has 0 saturated carbocycles. The second-order valence-corrected chi connectivity index (χ2v) is 6.89. The molecule has 2 N–H and O–H groups in total. The highest BCUT2D eigenvalue weighted by Crippen LogP contribution is 2.29. The molecule has 0 aliphatic heterocycles. The van der Waals surface area contributed by atoms with Crippen LogP contribution >= 0.6 is 11.3 Å². The average Bonchev–Trinajstić information content (AvgIpc) is 2.89. The van der Waals surface area contributed by atoms with Crippen molar-refractivity contribution in [1.29, 1.82) is 0 Å². The summed E-state index contributed by atoms with van der Waals surface area (Å²) in [7, 11) is 0. The van der Waals surface area contributed by atoms with Crippen molar-refractivity contribution in [1.82, 2.24) is 4.98 Å². The molecule has 22 heavy (non-hydrogen) atoms. The van der Waals surface area contributed by atoms with Crippen molar-refractivity contribution < 1.29 is 0 Å². The zero-order chi connectivity index (χ0) is 15.5. The maximum Gasteiger partial charge on any atom is 0.0954 e. The third-order valence-electron chi connectivity index (χ3n) is 3.79. The Morgan fingerprint density at radius 3 is 2.36 bits per heavy atom. The molecule has 0 saturated heterocycles. The summed E-state index contributed by atoms with van der Waals surface area (Å²) in [6, 6.07) is 18.7. The number of aryl methyl sites for hydroxylation is 2. The molecule has 3 heteroatoms. The van der Waals surface area contributed by atoms with E-state index in [0.29, 0.717) is 0 Å². The molecule has 0 fully saturated rings. The second-order valence-electron chi connectivity index (χ2n) is 5.60. The summed E-state index contributed by atoms with van der Waals surface area (Å²) in [6.07, 6.45) is 0.779. The summed E-state index contributed by atoms with van der Waals surface area (Å²) >= 11 is 1.75. The van der Waals surface area contributed by atoms with Crippen LogP contribution < -0.4 is 5.73 Å². The predicted octanol–water partition coefficient (Wildman–Crippen LogP) is 4.67. The minimum Gasteiger partial charge on any atom is -0.324 e. The normalized spacial score (nSPS) is 12.3. The molecular formula is C19H20N2S. The molecule has 1 unspecified atom stereocenters. The maximum atomic E-state index is 6.31. The highest BCUT2D eigenvalue weighted by Gasteiger charge is 2.13. The van der Waals surface area contributed by atoms with Crippen LogP contribution in [0.25, 0.3) is 11.3 Å². The van der Waals surface area contributed by atoms with Crippen LogP contribution in [0.3, 0.4) is 0 Å². The number of hydrogen-bond donors (Lipinski definition) is 1. The molecular weight excluding hydrogens is 288 g/mol. The Bertz CT molecular complexity index is 745. The van der Waals surface area contributed by atoms with Crippen LogP contribution in [0.4, 0.5) is 0 Å². The van der Waals surface area contributed by atoms with Gasteiger partial charge in [0.25, 0.3) is 0 Å².